The maximum absolute atomic E-state index is 11.9. The summed E-state index contributed by atoms with van der Waals surface area (Å²) in [5.74, 6) is -0.226. The molecule has 2 aromatic rings. The van der Waals surface area contributed by atoms with Crippen molar-refractivity contribution in [2.24, 2.45) is 0 Å². The summed E-state index contributed by atoms with van der Waals surface area (Å²) in [7, 11) is 1.94. The minimum atomic E-state index is -0.440. The van der Waals surface area contributed by atoms with E-state index < -0.39 is 5.43 Å². The second kappa shape index (κ2) is 7.94. The van der Waals surface area contributed by atoms with Crippen molar-refractivity contribution in [2.45, 2.75) is 39.6 Å². The molecule has 0 aliphatic heterocycles. The minimum Gasteiger partial charge on any atom is -0.503 e. The Morgan fingerprint density at radius 3 is 2.48 bits per heavy atom. The number of pyridine rings is 1. The van der Waals surface area contributed by atoms with Crippen LogP contribution in [0.4, 0.5) is 0 Å². The number of aliphatic hydroxyl groups excluding tert-OH is 1. The lowest BCUT2D eigenvalue weighted by molar-refractivity contribution is 0.260. The van der Waals surface area contributed by atoms with E-state index in [0.29, 0.717) is 31.0 Å². The first-order valence-electron chi connectivity index (χ1n) is 7.84. The molecule has 2 N–H and O–H groups in total. The summed E-state index contributed by atoms with van der Waals surface area (Å²) in [4.78, 5) is 14.0. The van der Waals surface area contributed by atoms with E-state index >= 15 is 0 Å². The van der Waals surface area contributed by atoms with Crippen LogP contribution in [-0.4, -0.2) is 26.7 Å². The highest BCUT2D eigenvalue weighted by Gasteiger charge is 2.16. The van der Waals surface area contributed by atoms with Gasteiger partial charge in [-0.1, -0.05) is 37.3 Å². The average Bonchev–Trinajstić information content (AvgIpc) is 2.55. The van der Waals surface area contributed by atoms with Gasteiger partial charge in [0.1, 0.15) is 0 Å². The van der Waals surface area contributed by atoms with Crippen molar-refractivity contribution >= 4 is 0 Å². The molecule has 5 nitrogen and oxygen atoms in total. The second-order valence-electron chi connectivity index (χ2n) is 5.76. The Balaban J connectivity index is 2.30. The molecule has 1 aromatic heterocycles. The van der Waals surface area contributed by atoms with Gasteiger partial charge in [-0.25, -0.2) is 0 Å². The first-order valence-corrected chi connectivity index (χ1v) is 7.84. The van der Waals surface area contributed by atoms with Crippen molar-refractivity contribution in [3.63, 3.8) is 0 Å². The number of aromatic hydroxyl groups is 1. The third kappa shape index (κ3) is 4.21. The van der Waals surface area contributed by atoms with E-state index in [9.17, 15) is 15.0 Å². The fraction of sp³-hybridized carbons (Fsp3) is 0.389. The molecular formula is C18H24N2O3. The van der Waals surface area contributed by atoms with Gasteiger partial charge in [0, 0.05) is 31.4 Å². The van der Waals surface area contributed by atoms with E-state index in [-0.39, 0.29) is 12.4 Å². The zero-order chi connectivity index (χ0) is 16.8. The molecule has 0 aliphatic carbocycles. The van der Waals surface area contributed by atoms with Gasteiger partial charge in [-0.3, -0.25) is 9.69 Å². The van der Waals surface area contributed by atoms with E-state index in [0.717, 1.165) is 12.0 Å². The number of rotatable bonds is 7. The molecule has 23 heavy (non-hydrogen) atoms. The SMILES string of the molecule is CCCn1c(CO)cc(=O)c(O)c1CN(C)Cc1ccccc1. The summed E-state index contributed by atoms with van der Waals surface area (Å²) in [6.45, 7) is 3.60. The summed E-state index contributed by atoms with van der Waals surface area (Å²) in [5, 5.41) is 19.7. The first-order chi connectivity index (χ1) is 11.1. The van der Waals surface area contributed by atoms with E-state index in [1.807, 2.05) is 53.8 Å². The van der Waals surface area contributed by atoms with Gasteiger partial charge in [-0.2, -0.15) is 0 Å². The quantitative estimate of drug-likeness (QED) is 0.821. The monoisotopic (exact) mass is 316 g/mol. The van der Waals surface area contributed by atoms with Crippen molar-refractivity contribution in [1.29, 1.82) is 0 Å². The molecule has 0 atom stereocenters. The lowest BCUT2D eigenvalue weighted by Crippen LogP contribution is -2.25. The third-order valence-electron chi connectivity index (χ3n) is 3.80. The molecule has 0 saturated carbocycles. The summed E-state index contributed by atoms with van der Waals surface area (Å²) in [6, 6.07) is 11.3. The Labute approximate surface area is 136 Å². The van der Waals surface area contributed by atoms with Crippen LogP contribution in [0.3, 0.4) is 0 Å². The highest BCUT2D eigenvalue weighted by atomic mass is 16.3. The topological polar surface area (TPSA) is 65.7 Å². The standard InChI is InChI=1S/C18H24N2O3/c1-3-9-20-15(13-21)10-17(22)18(23)16(20)12-19(2)11-14-7-5-4-6-8-14/h4-8,10,21,23H,3,9,11-13H2,1-2H3. The van der Waals surface area contributed by atoms with E-state index in [4.69, 9.17) is 0 Å². The number of aromatic nitrogens is 1. The van der Waals surface area contributed by atoms with Crippen molar-refractivity contribution < 1.29 is 10.2 Å². The van der Waals surface area contributed by atoms with Crippen LogP contribution in [0.1, 0.15) is 30.3 Å². The summed E-state index contributed by atoms with van der Waals surface area (Å²) in [6.07, 6.45) is 0.852. The molecular weight excluding hydrogens is 292 g/mol. The molecule has 0 saturated heterocycles. The van der Waals surface area contributed by atoms with Crippen LogP contribution in [0.2, 0.25) is 0 Å². The normalized spacial score (nSPS) is 11.1. The summed E-state index contributed by atoms with van der Waals surface area (Å²) < 4.78 is 1.85. The van der Waals surface area contributed by atoms with Crippen molar-refractivity contribution in [3.05, 3.63) is 63.6 Å². The van der Waals surface area contributed by atoms with Gasteiger partial charge in [-0.15, -0.1) is 0 Å². The van der Waals surface area contributed by atoms with Crippen LogP contribution in [0.5, 0.6) is 5.75 Å². The van der Waals surface area contributed by atoms with E-state index in [1.54, 1.807) is 0 Å². The van der Waals surface area contributed by atoms with E-state index in [2.05, 4.69) is 0 Å². The number of hydrogen-bond donors (Lipinski definition) is 2. The fourth-order valence-electron chi connectivity index (χ4n) is 2.74. The molecule has 0 unspecified atom stereocenters. The average molecular weight is 316 g/mol. The molecule has 0 bridgehead atoms. The van der Waals surface area contributed by atoms with Crippen molar-refractivity contribution in [1.82, 2.24) is 9.47 Å². The maximum Gasteiger partial charge on any atom is 0.223 e. The Kier molecular flexibility index (Phi) is 5.96. The first kappa shape index (κ1) is 17.2. The zero-order valence-electron chi connectivity index (χ0n) is 13.7. The van der Waals surface area contributed by atoms with Gasteiger partial charge in [-0.05, 0) is 19.0 Å². The molecule has 0 fully saturated rings. The van der Waals surface area contributed by atoms with Gasteiger partial charge in [0.15, 0.2) is 5.75 Å². The van der Waals surface area contributed by atoms with Gasteiger partial charge >= 0.3 is 0 Å². The van der Waals surface area contributed by atoms with Crippen LogP contribution in [0.25, 0.3) is 0 Å². The van der Waals surface area contributed by atoms with Crippen LogP contribution in [0.15, 0.2) is 41.2 Å². The fourth-order valence-corrected chi connectivity index (χ4v) is 2.74. The maximum atomic E-state index is 11.9. The Bertz CT molecular complexity index is 695. The molecule has 1 aromatic carbocycles. The van der Waals surface area contributed by atoms with Crippen molar-refractivity contribution in [2.75, 3.05) is 7.05 Å². The predicted octanol–water partition coefficient (Wildman–Crippen LogP) is 2.09. The third-order valence-corrected chi connectivity index (χ3v) is 3.80. The molecule has 0 radical (unpaired) electrons. The predicted molar refractivity (Wildman–Crippen MR) is 90.2 cm³/mol. The second-order valence-corrected chi connectivity index (χ2v) is 5.76. The molecule has 2 rings (SSSR count). The molecule has 5 heteroatoms. The number of benzene rings is 1. The molecule has 124 valence electrons. The van der Waals surface area contributed by atoms with Crippen LogP contribution < -0.4 is 5.43 Å². The van der Waals surface area contributed by atoms with Crippen molar-refractivity contribution in [3.8, 4) is 5.75 Å². The lowest BCUT2D eigenvalue weighted by atomic mass is 10.2. The highest BCUT2D eigenvalue weighted by Crippen LogP contribution is 2.18. The zero-order valence-corrected chi connectivity index (χ0v) is 13.7. The van der Waals surface area contributed by atoms with Crippen LogP contribution >= 0.6 is 0 Å². The number of nitrogens with zero attached hydrogens (tertiary/aromatic N) is 2. The molecule has 0 amide bonds. The number of hydrogen-bond acceptors (Lipinski definition) is 4. The molecule has 1 heterocycles. The van der Waals surface area contributed by atoms with Crippen LogP contribution in [0, 0.1) is 0 Å². The van der Waals surface area contributed by atoms with E-state index in [1.165, 1.54) is 6.07 Å². The Morgan fingerprint density at radius 1 is 1.17 bits per heavy atom. The Hall–Kier alpha value is -2.11. The molecule has 0 aliphatic rings. The van der Waals surface area contributed by atoms with Gasteiger partial charge in [0.25, 0.3) is 0 Å². The lowest BCUT2D eigenvalue weighted by Gasteiger charge is -2.23. The number of aliphatic hydroxyl groups is 1. The van der Waals surface area contributed by atoms with Crippen LogP contribution in [-0.2, 0) is 26.2 Å². The minimum absolute atomic E-state index is 0.217. The van der Waals surface area contributed by atoms with Gasteiger partial charge < -0.3 is 14.8 Å². The summed E-state index contributed by atoms with van der Waals surface area (Å²) in [5.41, 5.74) is 1.82. The van der Waals surface area contributed by atoms with Gasteiger partial charge in [0.2, 0.25) is 5.43 Å². The molecule has 0 spiro atoms. The van der Waals surface area contributed by atoms with Gasteiger partial charge in [0.05, 0.1) is 12.3 Å². The largest absolute Gasteiger partial charge is 0.503 e. The summed E-state index contributed by atoms with van der Waals surface area (Å²) >= 11 is 0. The Morgan fingerprint density at radius 2 is 1.87 bits per heavy atom. The highest BCUT2D eigenvalue weighted by molar-refractivity contribution is 5.30. The smallest absolute Gasteiger partial charge is 0.223 e.